The molecule has 0 saturated heterocycles. The Kier molecular flexibility index (Phi) is 8.17. The second-order valence-electron chi connectivity index (χ2n) is 6.74. The summed E-state index contributed by atoms with van der Waals surface area (Å²) in [4.78, 5) is 0. The minimum Gasteiger partial charge on any atom is -0.376 e. The number of benzene rings is 1. The average molecular weight is 312 g/mol. The molecule has 2 rings (SSSR count). The topological polar surface area (TPSA) is 9.23 Å². The molecule has 0 aromatic heterocycles. The molecule has 1 fully saturated rings. The molecule has 1 nitrogen and oxygen atoms in total. The molecule has 0 N–H and O–H groups in total. The Morgan fingerprint density at radius 1 is 1.09 bits per heavy atom. The van der Waals surface area contributed by atoms with Gasteiger partial charge >= 0.3 is 0 Å². The second kappa shape index (κ2) is 10.4. The van der Waals surface area contributed by atoms with Gasteiger partial charge in [-0.1, -0.05) is 42.5 Å². The lowest BCUT2D eigenvalue weighted by molar-refractivity contribution is 0.125. The van der Waals surface area contributed by atoms with Crippen LogP contribution in [0.1, 0.15) is 68.9 Å². The lowest BCUT2D eigenvalue weighted by Gasteiger charge is -2.28. The standard InChI is InChI=1S/C22H32O/c1-3-5-7-8-19-9-13-21(14-10-19)22-15-11-20(12-16-22)18-23-17-6-4-2/h3-5,11-12,15-16,19,21H,2,6-10,13-14,17-18H2,1H3. The van der Waals surface area contributed by atoms with E-state index in [-0.39, 0.29) is 0 Å². The van der Waals surface area contributed by atoms with Gasteiger partial charge in [0.25, 0.3) is 0 Å². The molecule has 0 unspecified atom stereocenters. The first-order valence-corrected chi connectivity index (χ1v) is 9.22. The molecule has 1 saturated carbocycles. The Morgan fingerprint density at radius 2 is 1.83 bits per heavy atom. The van der Waals surface area contributed by atoms with Gasteiger partial charge in [-0.3, -0.25) is 0 Å². The van der Waals surface area contributed by atoms with Crippen LogP contribution in [0, 0.1) is 5.92 Å². The van der Waals surface area contributed by atoms with E-state index < -0.39 is 0 Å². The third kappa shape index (κ3) is 6.35. The number of hydrogen-bond donors (Lipinski definition) is 0. The molecule has 0 bridgehead atoms. The van der Waals surface area contributed by atoms with Crippen LogP contribution < -0.4 is 0 Å². The summed E-state index contributed by atoms with van der Waals surface area (Å²) >= 11 is 0. The fraction of sp³-hybridized carbons (Fsp3) is 0.545. The number of hydrogen-bond acceptors (Lipinski definition) is 1. The quantitative estimate of drug-likeness (QED) is 0.378. The molecule has 1 aromatic rings. The Morgan fingerprint density at radius 3 is 2.48 bits per heavy atom. The smallest absolute Gasteiger partial charge is 0.0717 e. The highest BCUT2D eigenvalue weighted by atomic mass is 16.5. The largest absolute Gasteiger partial charge is 0.376 e. The highest BCUT2D eigenvalue weighted by molar-refractivity contribution is 5.25. The molecule has 23 heavy (non-hydrogen) atoms. The van der Waals surface area contributed by atoms with E-state index in [2.05, 4.69) is 49.9 Å². The van der Waals surface area contributed by atoms with E-state index >= 15 is 0 Å². The molecule has 0 atom stereocenters. The summed E-state index contributed by atoms with van der Waals surface area (Å²) in [5.74, 6) is 1.71. The normalized spacial score (nSPS) is 21.6. The Hall–Kier alpha value is -1.34. The summed E-state index contributed by atoms with van der Waals surface area (Å²) in [5.41, 5.74) is 2.80. The van der Waals surface area contributed by atoms with Gasteiger partial charge in [0.1, 0.15) is 0 Å². The van der Waals surface area contributed by atoms with Crippen molar-refractivity contribution in [2.24, 2.45) is 5.92 Å². The summed E-state index contributed by atoms with van der Waals surface area (Å²) in [6.45, 7) is 7.31. The third-order valence-corrected chi connectivity index (χ3v) is 5.01. The van der Waals surface area contributed by atoms with E-state index in [1.165, 1.54) is 49.7 Å². The maximum atomic E-state index is 5.63. The van der Waals surface area contributed by atoms with Crippen molar-refractivity contribution >= 4 is 0 Å². The van der Waals surface area contributed by atoms with Gasteiger partial charge in [0.15, 0.2) is 0 Å². The summed E-state index contributed by atoms with van der Waals surface area (Å²) in [6, 6.07) is 9.11. The fourth-order valence-corrected chi connectivity index (χ4v) is 3.53. The predicted molar refractivity (Wildman–Crippen MR) is 99.7 cm³/mol. The Bertz CT molecular complexity index is 463. The summed E-state index contributed by atoms with van der Waals surface area (Å²) in [7, 11) is 0. The van der Waals surface area contributed by atoms with Crippen LogP contribution >= 0.6 is 0 Å². The van der Waals surface area contributed by atoms with Crippen LogP contribution in [0.4, 0.5) is 0 Å². The van der Waals surface area contributed by atoms with E-state index in [9.17, 15) is 0 Å². The first-order chi connectivity index (χ1) is 11.3. The van der Waals surface area contributed by atoms with E-state index in [1.54, 1.807) is 0 Å². The molecule has 0 spiro atoms. The van der Waals surface area contributed by atoms with Crippen molar-refractivity contribution in [3.05, 3.63) is 60.2 Å². The van der Waals surface area contributed by atoms with Crippen molar-refractivity contribution in [3.8, 4) is 0 Å². The zero-order valence-corrected chi connectivity index (χ0v) is 14.7. The van der Waals surface area contributed by atoms with Gasteiger partial charge in [-0.05, 0) is 74.8 Å². The van der Waals surface area contributed by atoms with E-state index in [4.69, 9.17) is 4.74 Å². The summed E-state index contributed by atoms with van der Waals surface area (Å²) < 4.78 is 5.63. The first-order valence-electron chi connectivity index (χ1n) is 9.22. The zero-order chi connectivity index (χ0) is 16.3. The highest BCUT2D eigenvalue weighted by Crippen LogP contribution is 2.37. The van der Waals surface area contributed by atoms with Crippen LogP contribution in [-0.4, -0.2) is 6.61 Å². The molecule has 1 heteroatoms. The van der Waals surface area contributed by atoms with Crippen molar-refractivity contribution in [3.63, 3.8) is 0 Å². The molecule has 126 valence electrons. The van der Waals surface area contributed by atoms with E-state index in [0.29, 0.717) is 6.61 Å². The Balaban J connectivity index is 1.74. The van der Waals surface area contributed by atoms with Crippen LogP contribution in [0.2, 0.25) is 0 Å². The van der Waals surface area contributed by atoms with Crippen molar-refractivity contribution < 1.29 is 4.74 Å². The minimum atomic E-state index is 0.714. The van der Waals surface area contributed by atoms with Gasteiger partial charge < -0.3 is 4.74 Å². The molecule has 1 aromatic carbocycles. The lowest BCUT2D eigenvalue weighted by Crippen LogP contribution is -2.13. The molecular formula is C22H32O. The second-order valence-corrected chi connectivity index (χ2v) is 6.74. The number of allylic oxidation sites excluding steroid dienone is 2. The van der Waals surface area contributed by atoms with Crippen LogP contribution in [-0.2, 0) is 11.3 Å². The number of ether oxygens (including phenoxy) is 1. The van der Waals surface area contributed by atoms with Gasteiger partial charge in [0.05, 0.1) is 13.2 Å². The maximum absolute atomic E-state index is 5.63. The number of rotatable bonds is 9. The van der Waals surface area contributed by atoms with Crippen LogP contribution in [0.25, 0.3) is 0 Å². The zero-order valence-electron chi connectivity index (χ0n) is 14.7. The van der Waals surface area contributed by atoms with Crippen molar-refractivity contribution in [1.29, 1.82) is 0 Å². The third-order valence-electron chi connectivity index (χ3n) is 5.01. The van der Waals surface area contributed by atoms with Gasteiger partial charge in [0.2, 0.25) is 0 Å². The van der Waals surface area contributed by atoms with Crippen molar-refractivity contribution in [1.82, 2.24) is 0 Å². The van der Waals surface area contributed by atoms with Crippen molar-refractivity contribution in [2.45, 2.75) is 64.4 Å². The molecule has 0 radical (unpaired) electrons. The summed E-state index contributed by atoms with van der Waals surface area (Å²) in [5, 5.41) is 0. The maximum Gasteiger partial charge on any atom is 0.0717 e. The first kappa shape index (κ1) is 18.0. The Labute approximate surface area is 142 Å². The van der Waals surface area contributed by atoms with Gasteiger partial charge in [-0.15, -0.1) is 6.58 Å². The van der Waals surface area contributed by atoms with E-state index in [0.717, 1.165) is 24.9 Å². The van der Waals surface area contributed by atoms with Crippen LogP contribution in [0.15, 0.2) is 49.1 Å². The van der Waals surface area contributed by atoms with E-state index in [1.807, 2.05) is 6.08 Å². The average Bonchev–Trinajstić information content (AvgIpc) is 2.60. The molecular weight excluding hydrogens is 280 g/mol. The molecule has 1 aliphatic carbocycles. The highest BCUT2D eigenvalue weighted by Gasteiger charge is 2.21. The minimum absolute atomic E-state index is 0.714. The molecule has 0 aliphatic heterocycles. The van der Waals surface area contributed by atoms with Crippen LogP contribution in [0.5, 0.6) is 0 Å². The predicted octanol–water partition coefficient (Wildman–Crippen LogP) is 6.41. The lowest BCUT2D eigenvalue weighted by atomic mass is 9.77. The molecule has 0 heterocycles. The SMILES string of the molecule is C=CCCOCc1ccc(C2CCC(CCC=CC)CC2)cc1. The molecule has 0 amide bonds. The van der Waals surface area contributed by atoms with Gasteiger partial charge in [0, 0.05) is 0 Å². The summed E-state index contributed by atoms with van der Waals surface area (Å²) in [6.07, 6.45) is 15.4. The van der Waals surface area contributed by atoms with Gasteiger partial charge in [-0.2, -0.15) is 0 Å². The fourth-order valence-electron chi connectivity index (χ4n) is 3.53. The van der Waals surface area contributed by atoms with Crippen molar-refractivity contribution in [2.75, 3.05) is 6.61 Å². The van der Waals surface area contributed by atoms with Crippen LogP contribution in [0.3, 0.4) is 0 Å². The molecule has 1 aliphatic rings. The van der Waals surface area contributed by atoms with Gasteiger partial charge in [-0.25, -0.2) is 0 Å². The monoisotopic (exact) mass is 312 g/mol.